The van der Waals surface area contributed by atoms with Gasteiger partial charge in [0.15, 0.2) is 0 Å². The average Bonchev–Trinajstić information content (AvgIpc) is 2.52. The lowest BCUT2D eigenvalue weighted by Gasteiger charge is -2.50. The summed E-state index contributed by atoms with van der Waals surface area (Å²) in [5, 5.41) is 4.34. The molecule has 0 unspecified atom stereocenters. The Labute approximate surface area is 147 Å². The molecular formula is C19H22ClNO3. The van der Waals surface area contributed by atoms with Crippen LogP contribution in [0.1, 0.15) is 39.2 Å². The molecule has 1 aliphatic rings. The lowest BCUT2D eigenvalue weighted by molar-refractivity contribution is -0.153. The summed E-state index contributed by atoms with van der Waals surface area (Å²) in [6.45, 7) is 5.66. The fourth-order valence-electron chi connectivity index (χ4n) is 3.14. The molecule has 5 heteroatoms. The third-order valence-electron chi connectivity index (χ3n) is 4.83. The van der Waals surface area contributed by atoms with Crippen LogP contribution in [0.25, 0.3) is 6.08 Å². The maximum atomic E-state index is 11.8. The second-order valence-electron chi connectivity index (χ2n) is 6.75. The highest BCUT2D eigenvalue weighted by Crippen LogP contribution is 2.53. The number of rotatable bonds is 6. The molecule has 0 saturated heterocycles. The number of carbonyl (C=O) groups is 2. The van der Waals surface area contributed by atoms with Crippen molar-refractivity contribution in [2.45, 2.75) is 33.6 Å². The van der Waals surface area contributed by atoms with Crippen molar-refractivity contribution in [2.75, 3.05) is 0 Å². The molecule has 0 bridgehead atoms. The molecule has 0 heterocycles. The van der Waals surface area contributed by atoms with Gasteiger partial charge in [-0.05, 0) is 48.4 Å². The van der Waals surface area contributed by atoms with Crippen LogP contribution < -0.4 is 0 Å². The number of allylic oxidation sites excluding steroid dienone is 1. The van der Waals surface area contributed by atoms with Crippen LogP contribution in [0.4, 0.5) is 0 Å². The standard InChI is InChI=1S/C19H22ClNO3/c1-13(22)17-11-15(19(17,2)3)12-18(23)24-21-10-4-5-14-6-8-16(20)9-7-14/h4-10,15,17H,11-12H2,1-3H3/b5-4+,21-10?/t15-,17+/m0/s1. The average molecular weight is 348 g/mol. The highest BCUT2D eigenvalue weighted by atomic mass is 35.5. The van der Waals surface area contributed by atoms with Gasteiger partial charge in [-0.25, -0.2) is 4.79 Å². The number of halogens is 1. The normalized spacial score (nSPS) is 22.5. The highest BCUT2D eigenvalue weighted by Gasteiger charge is 2.50. The molecule has 0 amide bonds. The summed E-state index contributed by atoms with van der Waals surface area (Å²) in [6, 6.07) is 7.35. The maximum absolute atomic E-state index is 11.8. The van der Waals surface area contributed by atoms with Gasteiger partial charge in [-0.1, -0.05) is 48.8 Å². The number of Topliss-reactive ketones (excluding diaryl/α,β-unsaturated/α-hetero) is 1. The fraction of sp³-hybridized carbons (Fsp3) is 0.421. The fourth-order valence-corrected chi connectivity index (χ4v) is 3.27. The van der Waals surface area contributed by atoms with E-state index in [0.717, 1.165) is 12.0 Å². The van der Waals surface area contributed by atoms with Crippen molar-refractivity contribution in [1.82, 2.24) is 0 Å². The summed E-state index contributed by atoms with van der Waals surface area (Å²) in [7, 11) is 0. The Morgan fingerprint density at radius 1 is 1.33 bits per heavy atom. The largest absolute Gasteiger partial charge is 0.335 e. The molecule has 0 spiro atoms. The molecule has 1 aromatic carbocycles. The Hall–Kier alpha value is -1.94. The number of hydrogen-bond donors (Lipinski definition) is 0. The van der Waals surface area contributed by atoms with Crippen molar-refractivity contribution in [3.05, 3.63) is 40.9 Å². The first-order chi connectivity index (χ1) is 11.3. The summed E-state index contributed by atoms with van der Waals surface area (Å²) in [4.78, 5) is 28.2. The number of ketones is 1. The van der Waals surface area contributed by atoms with E-state index in [-0.39, 0.29) is 35.4 Å². The van der Waals surface area contributed by atoms with E-state index in [1.807, 2.05) is 32.1 Å². The molecule has 1 fully saturated rings. The number of carbonyl (C=O) groups excluding carboxylic acids is 2. The Morgan fingerprint density at radius 2 is 2.00 bits per heavy atom. The van der Waals surface area contributed by atoms with Crippen molar-refractivity contribution in [1.29, 1.82) is 0 Å². The lowest BCUT2D eigenvalue weighted by atomic mass is 9.53. The summed E-state index contributed by atoms with van der Waals surface area (Å²) < 4.78 is 0. The van der Waals surface area contributed by atoms with Crippen molar-refractivity contribution < 1.29 is 14.4 Å². The van der Waals surface area contributed by atoms with Gasteiger partial charge in [-0.3, -0.25) is 4.79 Å². The van der Waals surface area contributed by atoms with Gasteiger partial charge < -0.3 is 4.84 Å². The van der Waals surface area contributed by atoms with Crippen LogP contribution in [0.2, 0.25) is 5.02 Å². The SMILES string of the molecule is CC(=O)[C@H]1C[C@@H](CC(=O)ON=C/C=C/c2ccc(Cl)cc2)C1(C)C. The topological polar surface area (TPSA) is 55.7 Å². The van der Waals surface area contributed by atoms with Gasteiger partial charge in [0.05, 0.1) is 12.6 Å². The third kappa shape index (κ3) is 4.54. The van der Waals surface area contributed by atoms with Crippen molar-refractivity contribution in [3.63, 3.8) is 0 Å². The van der Waals surface area contributed by atoms with Crippen molar-refractivity contribution in [2.24, 2.45) is 22.4 Å². The van der Waals surface area contributed by atoms with Gasteiger partial charge in [-0.2, -0.15) is 0 Å². The monoisotopic (exact) mass is 347 g/mol. The van der Waals surface area contributed by atoms with Crippen LogP contribution in [0.5, 0.6) is 0 Å². The van der Waals surface area contributed by atoms with E-state index in [1.54, 1.807) is 25.1 Å². The second kappa shape index (κ2) is 7.75. The minimum atomic E-state index is -0.369. The van der Waals surface area contributed by atoms with Crippen LogP contribution >= 0.6 is 11.6 Å². The zero-order chi connectivity index (χ0) is 17.7. The van der Waals surface area contributed by atoms with E-state index in [4.69, 9.17) is 16.4 Å². The molecule has 0 N–H and O–H groups in total. The van der Waals surface area contributed by atoms with Crippen LogP contribution in [0.3, 0.4) is 0 Å². The molecule has 4 nitrogen and oxygen atoms in total. The van der Waals surface area contributed by atoms with Gasteiger partial charge in [0, 0.05) is 10.9 Å². The Bertz CT molecular complexity index is 662. The van der Waals surface area contributed by atoms with Crippen LogP contribution in [0.15, 0.2) is 35.5 Å². The van der Waals surface area contributed by atoms with Gasteiger partial charge in [0.25, 0.3) is 0 Å². The van der Waals surface area contributed by atoms with Crippen LogP contribution in [0, 0.1) is 17.3 Å². The summed E-state index contributed by atoms with van der Waals surface area (Å²) in [6.07, 6.45) is 5.99. The maximum Gasteiger partial charge on any atom is 0.335 e. The minimum Gasteiger partial charge on any atom is -0.318 e. The van der Waals surface area contributed by atoms with Crippen LogP contribution in [-0.2, 0) is 14.4 Å². The van der Waals surface area contributed by atoms with Gasteiger partial charge in [0.1, 0.15) is 5.78 Å². The number of nitrogens with zero attached hydrogens (tertiary/aromatic N) is 1. The number of oxime groups is 1. The van der Waals surface area contributed by atoms with Crippen LogP contribution in [-0.4, -0.2) is 18.0 Å². The molecule has 0 aromatic heterocycles. The first-order valence-corrected chi connectivity index (χ1v) is 8.34. The molecule has 1 aromatic rings. The zero-order valence-electron chi connectivity index (χ0n) is 14.2. The smallest absolute Gasteiger partial charge is 0.318 e. The first kappa shape index (κ1) is 18.4. The Kier molecular flexibility index (Phi) is 5.94. The summed E-state index contributed by atoms with van der Waals surface area (Å²) >= 11 is 5.81. The summed E-state index contributed by atoms with van der Waals surface area (Å²) in [5.41, 5.74) is 0.826. The van der Waals surface area contributed by atoms with E-state index >= 15 is 0 Å². The molecule has 24 heavy (non-hydrogen) atoms. The number of benzene rings is 1. The first-order valence-electron chi connectivity index (χ1n) is 7.96. The van der Waals surface area contributed by atoms with E-state index in [9.17, 15) is 9.59 Å². The molecule has 0 radical (unpaired) electrons. The summed E-state index contributed by atoms with van der Waals surface area (Å²) in [5.74, 6) is 0.0287. The van der Waals surface area contributed by atoms with Crippen molar-refractivity contribution >= 4 is 35.6 Å². The van der Waals surface area contributed by atoms with Gasteiger partial charge >= 0.3 is 5.97 Å². The van der Waals surface area contributed by atoms with Crippen molar-refractivity contribution in [3.8, 4) is 0 Å². The second-order valence-corrected chi connectivity index (χ2v) is 7.19. The highest BCUT2D eigenvalue weighted by molar-refractivity contribution is 6.30. The molecule has 1 saturated carbocycles. The van der Waals surface area contributed by atoms with Gasteiger partial charge in [0.2, 0.25) is 0 Å². The number of hydrogen-bond acceptors (Lipinski definition) is 4. The molecule has 2 rings (SSSR count). The molecule has 128 valence electrons. The Balaban J connectivity index is 1.75. The van der Waals surface area contributed by atoms with E-state index in [2.05, 4.69) is 5.16 Å². The molecular weight excluding hydrogens is 326 g/mol. The molecule has 0 aliphatic heterocycles. The van der Waals surface area contributed by atoms with E-state index in [0.29, 0.717) is 5.02 Å². The lowest BCUT2D eigenvalue weighted by Crippen LogP contribution is -2.48. The molecule has 1 aliphatic carbocycles. The predicted octanol–water partition coefficient (Wildman–Crippen LogP) is 4.52. The van der Waals surface area contributed by atoms with E-state index in [1.165, 1.54) is 6.21 Å². The quantitative estimate of drug-likeness (QED) is 0.431. The van der Waals surface area contributed by atoms with E-state index < -0.39 is 0 Å². The minimum absolute atomic E-state index is 0.0427. The zero-order valence-corrected chi connectivity index (χ0v) is 14.9. The molecule has 2 atom stereocenters. The van der Waals surface area contributed by atoms with Gasteiger partial charge in [-0.15, -0.1) is 0 Å². The Morgan fingerprint density at radius 3 is 2.58 bits per heavy atom. The predicted molar refractivity (Wildman–Crippen MR) is 95.7 cm³/mol. The third-order valence-corrected chi connectivity index (χ3v) is 5.09.